The number of hydrogen-bond acceptors (Lipinski definition) is 4. The normalized spacial score (nSPS) is 12.1. The maximum absolute atomic E-state index is 6.31. The third-order valence-electron chi connectivity index (χ3n) is 12.9. The first kappa shape index (κ1) is 36.3. The van der Waals surface area contributed by atoms with Crippen molar-refractivity contribution in [3.8, 4) is 11.5 Å². The molecule has 0 atom stereocenters. The van der Waals surface area contributed by atoms with Crippen LogP contribution >= 0.6 is 0 Å². The van der Waals surface area contributed by atoms with E-state index in [-0.39, 0.29) is 0 Å². The largest absolute Gasteiger partial charge is 0.493 e. The topological polar surface area (TPSA) is 61.9 Å². The fraction of sp³-hybridized carbons (Fsp3) is 0.148. The zero-order chi connectivity index (χ0) is 41.3. The molecule has 0 unspecified atom stereocenters. The Morgan fingerprint density at radius 2 is 0.806 bits per heavy atom. The first-order valence-electron chi connectivity index (χ1n) is 21.4. The molecule has 0 saturated carbocycles. The predicted molar refractivity (Wildman–Crippen MR) is 248 cm³/mol. The van der Waals surface area contributed by atoms with Crippen molar-refractivity contribution < 1.29 is 18.8 Å². The fourth-order valence-corrected chi connectivity index (χ4v) is 9.78. The Hall–Kier alpha value is -7.58. The van der Waals surface area contributed by atoms with E-state index in [4.69, 9.17) is 19.9 Å². The first-order valence-corrected chi connectivity index (χ1v) is 21.4. The maximum Gasteiger partial charge on any atom is 0.170 e. The summed E-state index contributed by atoms with van der Waals surface area (Å²) >= 11 is 0. The van der Waals surface area contributed by atoms with Crippen LogP contribution in [0.4, 0.5) is 0 Å². The molecule has 0 radical (unpaired) electrons. The van der Waals surface area contributed by atoms with Gasteiger partial charge in [-0.1, -0.05) is 121 Å². The summed E-state index contributed by atoms with van der Waals surface area (Å²) in [6, 6.07) is 52.5. The zero-order valence-corrected chi connectivity index (χ0v) is 34.8. The molecule has 8 heteroatoms. The summed E-state index contributed by atoms with van der Waals surface area (Å²) in [5.74, 6) is 1.67. The van der Waals surface area contributed by atoms with Crippen molar-refractivity contribution >= 4 is 75.4 Å². The molecule has 12 rings (SSSR count). The van der Waals surface area contributed by atoms with Gasteiger partial charge >= 0.3 is 0 Å². The van der Waals surface area contributed by atoms with Gasteiger partial charge in [-0.3, -0.25) is 0 Å². The van der Waals surface area contributed by atoms with Gasteiger partial charge in [0.05, 0.1) is 23.6 Å². The Morgan fingerprint density at radius 1 is 0.419 bits per heavy atom. The lowest BCUT2D eigenvalue weighted by Crippen LogP contribution is -2.36. The van der Waals surface area contributed by atoms with Gasteiger partial charge in [0.25, 0.3) is 0 Å². The van der Waals surface area contributed by atoms with Gasteiger partial charge in [-0.2, -0.15) is 0 Å². The van der Waals surface area contributed by atoms with E-state index in [9.17, 15) is 0 Å². The van der Waals surface area contributed by atoms with Gasteiger partial charge < -0.3 is 9.47 Å². The van der Waals surface area contributed by atoms with Crippen LogP contribution in [0.2, 0.25) is 0 Å². The molecule has 0 aliphatic carbocycles. The van der Waals surface area contributed by atoms with Crippen molar-refractivity contribution in [3.63, 3.8) is 0 Å². The van der Waals surface area contributed by atoms with Crippen LogP contribution in [-0.2, 0) is 40.0 Å². The highest BCUT2D eigenvalue weighted by molar-refractivity contribution is 6.24. The van der Waals surface area contributed by atoms with Crippen molar-refractivity contribution in [3.05, 3.63) is 181 Å². The van der Waals surface area contributed by atoms with Gasteiger partial charge in [-0.05, 0) is 99.7 Å². The molecule has 8 nitrogen and oxygen atoms in total. The van der Waals surface area contributed by atoms with Crippen molar-refractivity contribution in [1.29, 1.82) is 0 Å². The summed E-state index contributed by atoms with van der Waals surface area (Å²) in [5, 5.41) is 27.5. The molecule has 62 heavy (non-hydrogen) atoms. The van der Waals surface area contributed by atoms with Gasteiger partial charge in [0.15, 0.2) is 23.8 Å². The van der Waals surface area contributed by atoms with Gasteiger partial charge in [-0.15, -0.1) is 18.7 Å². The molecular weight excluding hydrogens is 765 g/mol. The van der Waals surface area contributed by atoms with Crippen LogP contribution in [0.25, 0.3) is 75.4 Å². The third kappa shape index (κ3) is 6.29. The lowest BCUT2D eigenvalue weighted by atomic mass is 9.92. The fourth-order valence-electron chi connectivity index (χ4n) is 9.78. The Bertz CT molecular complexity index is 3370. The SMILES string of the molecule is Cn1n[n+](Cc2ccc3ccc4cccc5ccc2c3c45)cc1CCOc1ccc2ccc(OCCc3c[n+](Cc4ccc5ccc6cccc7ccc4c5c67)nn3C)cc2c1. The van der Waals surface area contributed by atoms with Crippen molar-refractivity contribution in [2.75, 3.05) is 13.2 Å². The highest BCUT2D eigenvalue weighted by atomic mass is 16.5. The Labute approximate surface area is 358 Å². The van der Waals surface area contributed by atoms with E-state index < -0.39 is 0 Å². The monoisotopic (exact) mass is 808 g/mol. The lowest BCUT2D eigenvalue weighted by molar-refractivity contribution is -0.747. The number of ether oxygens (including phenoxy) is 2. The molecule has 2 heterocycles. The minimum Gasteiger partial charge on any atom is -0.493 e. The molecular formula is C54H44N6O2+2. The molecule has 2 aromatic heterocycles. The second-order valence-corrected chi connectivity index (χ2v) is 16.7. The Balaban J connectivity index is 0.685. The molecule has 12 aromatic rings. The average molecular weight is 809 g/mol. The Morgan fingerprint density at radius 3 is 1.26 bits per heavy atom. The number of rotatable bonds is 12. The predicted octanol–water partition coefficient (Wildman–Crippen LogP) is 10.0. The van der Waals surface area contributed by atoms with Crippen LogP contribution in [-0.4, -0.2) is 33.0 Å². The molecule has 10 aromatic carbocycles. The summed E-state index contributed by atoms with van der Waals surface area (Å²) < 4.78 is 20.6. The molecule has 0 aliphatic rings. The quantitative estimate of drug-likeness (QED) is 0.0911. The van der Waals surface area contributed by atoms with Crippen LogP contribution in [0.1, 0.15) is 22.5 Å². The molecule has 300 valence electrons. The standard InChI is InChI=1S/C54H44N6O2/c1-57-45(33-59(55-57)31-42-15-13-40-11-9-36-5-3-7-38-19-23-49(42)53(40)51(36)38)25-27-61-47-21-17-35-18-22-48(30-44(35)29-47)62-28-26-46-34-60(56-58(46)2)32-43-16-14-41-12-10-37-6-4-8-39-20-24-50(43)54(41)52(37)39/h3-24,29-30,33-34H,25-28,31-32H2,1-2H3/q+2. The number of hydrogen-bond donors (Lipinski definition) is 0. The summed E-state index contributed by atoms with van der Waals surface area (Å²) in [6.45, 7) is 2.48. The van der Waals surface area contributed by atoms with Crippen LogP contribution in [0.15, 0.2) is 158 Å². The Kier molecular flexibility index (Phi) is 8.52. The van der Waals surface area contributed by atoms with E-state index in [2.05, 4.69) is 146 Å². The summed E-state index contributed by atoms with van der Waals surface area (Å²) in [5.41, 5.74) is 4.76. The highest BCUT2D eigenvalue weighted by Crippen LogP contribution is 2.37. The van der Waals surface area contributed by atoms with E-state index in [1.165, 1.54) is 75.8 Å². The second kappa shape index (κ2) is 14.6. The summed E-state index contributed by atoms with van der Waals surface area (Å²) in [4.78, 5) is 0. The number of nitrogens with zero attached hydrogens (tertiary/aromatic N) is 6. The average Bonchev–Trinajstić information content (AvgIpc) is 3.84. The molecule has 0 amide bonds. The smallest absolute Gasteiger partial charge is 0.170 e. The molecule has 0 N–H and O–H groups in total. The van der Waals surface area contributed by atoms with Crippen LogP contribution < -0.4 is 18.8 Å². The van der Waals surface area contributed by atoms with Crippen LogP contribution in [0, 0.1) is 0 Å². The van der Waals surface area contributed by atoms with Crippen molar-refractivity contribution in [2.24, 2.45) is 14.1 Å². The molecule has 0 fully saturated rings. The number of benzene rings is 10. The number of fused-ring (bicyclic) bond motifs is 1. The van der Waals surface area contributed by atoms with Crippen molar-refractivity contribution in [1.82, 2.24) is 19.8 Å². The zero-order valence-electron chi connectivity index (χ0n) is 34.8. The van der Waals surface area contributed by atoms with E-state index >= 15 is 0 Å². The number of aryl methyl sites for hydroxylation is 2. The van der Waals surface area contributed by atoms with Gasteiger partial charge in [0.1, 0.15) is 38.7 Å². The van der Waals surface area contributed by atoms with E-state index in [1.54, 1.807) is 0 Å². The van der Waals surface area contributed by atoms with Gasteiger partial charge in [0.2, 0.25) is 0 Å². The van der Waals surface area contributed by atoms with Gasteiger partial charge in [0, 0.05) is 24.0 Å². The second-order valence-electron chi connectivity index (χ2n) is 16.7. The molecule has 0 spiro atoms. The van der Waals surface area contributed by atoms with E-state index in [1.807, 2.05) is 45.0 Å². The minimum absolute atomic E-state index is 0.543. The van der Waals surface area contributed by atoms with Crippen molar-refractivity contribution in [2.45, 2.75) is 25.9 Å². The molecule has 0 saturated heterocycles. The van der Waals surface area contributed by atoms with E-state index in [0.717, 1.165) is 46.5 Å². The van der Waals surface area contributed by atoms with Crippen LogP contribution in [0.5, 0.6) is 11.5 Å². The third-order valence-corrected chi connectivity index (χ3v) is 12.9. The highest BCUT2D eigenvalue weighted by Gasteiger charge is 2.19. The van der Waals surface area contributed by atoms with Crippen LogP contribution in [0.3, 0.4) is 0 Å². The number of aromatic nitrogens is 6. The molecule has 0 bridgehead atoms. The summed E-state index contributed by atoms with van der Waals surface area (Å²) in [6.07, 6.45) is 5.76. The maximum atomic E-state index is 6.31. The lowest BCUT2D eigenvalue weighted by Gasteiger charge is -2.12. The van der Waals surface area contributed by atoms with Gasteiger partial charge in [-0.25, -0.2) is 0 Å². The first-order chi connectivity index (χ1) is 30.5. The van der Waals surface area contributed by atoms with E-state index in [0.29, 0.717) is 26.3 Å². The molecule has 0 aliphatic heterocycles. The summed E-state index contributed by atoms with van der Waals surface area (Å²) in [7, 11) is 4.02. The minimum atomic E-state index is 0.543.